The fourth-order valence-corrected chi connectivity index (χ4v) is 9.52. The Morgan fingerprint density at radius 2 is 1.34 bits per heavy atom. The second-order valence-electron chi connectivity index (χ2n) is 14.1. The number of rotatable bonds is 2. The van der Waals surface area contributed by atoms with Crippen molar-refractivity contribution < 1.29 is 8.98 Å². The third-order valence-electron chi connectivity index (χ3n) is 10.6. The first kappa shape index (κ1) is 26.9. The zero-order valence-corrected chi connectivity index (χ0v) is 27.7. The van der Waals surface area contributed by atoms with Gasteiger partial charge in [0.25, 0.3) is 0 Å². The lowest BCUT2D eigenvalue weighted by atomic mass is 9.80. The highest BCUT2D eigenvalue weighted by Gasteiger charge is 2.46. The molecule has 6 aromatic carbocycles. The van der Waals surface area contributed by atoms with Crippen molar-refractivity contribution in [3.63, 3.8) is 0 Å². The molecular formula is C43H33N2OSi+. The number of benzene rings is 6. The van der Waals surface area contributed by atoms with Gasteiger partial charge in [0.1, 0.15) is 17.2 Å². The number of pyridine rings is 1. The van der Waals surface area contributed by atoms with Crippen LogP contribution in [0.25, 0.3) is 65.5 Å². The maximum Gasteiger partial charge on any atom is 0.213 e. The fourth-order valence-electron chi connectivity index (χ4n) is 8.41. The van der Waals surface area contributed by atoms with Gasteiger partial charge in [0, 0.05) is 33.0 Å². The van der Waals surface area contributed by atoms with E-state index < -0.39 is 8.07 Å². The van der Waals surface area contributed by atoms with Crippen molar-refractivity contribution in [2.75, 3.05) is 0 Å². The van der Waals surface area contributed by atoms with Crippen molar-refractivity contribution in [2.24, 2.45) is 4.99 Å². The Kier molecular flexibility index (Phi) is 5.35. The molecule has 4 heterocycles. The molecular weight excluding hydrogens is 589 g/mol. The summed E-state index contributed by atoms with van der Waals surface area (Å²) in [4.78, 5) is 5.50. The van der Waals surface area contributed by atoms with Crippen LogP contribution in [0.15, 0.2) is 137 Å². The van der Waals surface area contributed by atoms with Gasteiger partial charge in [-0.05, 0) is 62.8 Å². The Morgan fingerprint density at radius 1 is 0.681 bits per heavy atom. The normalized spacial score (nSPS) is 17.0. The van der Waals surface area contributed by atoms with Crippen molar-refractivity contribution in [3.05, 3.63) is 145 Å². The van der Waals surface area contributed by atoms with Gasteiger partial charge in [-0.1, -0.05) is 105 Å². The SMILES string of the molecule is C=CC1=NC2c3ccccc3-c3ccc([Si](C)(C)C)c[n+]3C2c2ccc3c(oc4ccc5c6ccccc6c6ccccc6c5c43)c21. The number of hydrogen-bond acceptors (Lipinski definition) is 2. The van der Waals surface area contributed by atoms with Crippen LogP contribution in [0.4, 0.5) is 0 Å². The Morgan fingerprint density at radius 3 is 2.09 bits per heavy atom. The minimum absolute atomic E-state index is 0.00836. The van der Waals surface area contributed by atoms with E-state index in [0.717, 1.165) is 33.2 Å². The number of hydrogen-bond donors (Lipinski definition) is 0. The van der Waals surface area contributed by atoms with Crippen LogP contribution in [0.3, 0.4) is 0 Å². The largest absolute Gasteiger partial charge is 0.455 e. The maximum absolute atomic E-state index is 6.94. The number of nitrogens with zero attached hydrogens (tertiary/aromatic N) is 2. The van der Waals surface area contributed by atoms with Crippen molar-refractivity contribution in [1.29, 1.82) is 0 Å². The molecule has 0 saturated heterocycles. The first-order valence-corrected chi connectivity index (χ1v) is 20.0. The van der Waals surface area contributed by atoms with E-state index in [1.54, 1.807) is 0 Å². The molecule has 0 amide bonds. The second-order valence-corrected chi connectivity index (χ2v) is 19.2. The van der Waals surface area contributed by atoms with E-state index >= 15 is 0 Å². The summed E-state index contributed by atoms with van der Waals surface area (Å²) in [5, 5.41) is 11.3. The Labute approximate surface area is 274 Å². The monoisotopic (exact) mass is 621 g/mol. The molecule has 2 atom stereocenters. The molecule has 0 aliphatic carbocycles. The molecule has 8 aromatic rings. The maximum atomic E-state index is 6.94. The molecule has 224 valence electrons. The molecule has 2 aliphatic rings. The van der Waals surface area contributed by atoms with E-state index in [1.165, 1.54) is 59.9 Å². The lowest BCUT2D eigenvalue weighted by molar-refractivity contribution is -0.708. The van der Waals surface area contributed by atoms with Gasteiger partial charge < -0.3 is 4.42 Å². The Balaban J connectivity index is 1.32. The number of allylic oxidation sites excluding steroid dienone is 1. The molecule has 4 heteroatoms. The number of furan rings is 1. The molecule has 3 nitrogen and oxygen atoms in total. The summed E-state index contributed by atoms with van der Waals surface area (Å²) < 4.78 is 9.44. The van der Waals surface area contributed by atoms with Crippen LogP contribution in [0.5, 0.6) is 0 Å². The highest BCUT2D eigenvalue weighted by Crippen LogP contribution is 2.49. The van der Waals surface area contributed by atoms with E-state index in [0.29, 0.717) is 0 Å². The molecule has 0 spiro atoms. The van der Waals surface area contributed by atoms with E-state index in [9.17, 15) is 0 Å². The first-order chi connectivity index (χ1) is 22.9. The van der Waals surface area contributed by atoms with Gasteiger partial charge in [-0.3, -0.25) is 4.99 Å². The van der Waals surface area contributed by atoms with Gasteiger partial charge >= 0.3 is 0 Å². The topological polar surface area (TPSA) is 29.4 Å². The molecule has 47 heavy (non-hydrogen) atoms. The predicted octanol–water partition coefficient (Wildman–Crippen LogP) is 10.2. The molecule has 2 unspecified atom stereocenters. The third-order valence-corrected chi connectivity index (χ3v) is 12.6. The highest BCUT2D eigenvalue weighted by molar-refractivity contribution is 6.88. The highest BCUT2D eigenvalue weighted by atomic mass is 28.3. The molecule has 0 N–H and O–H groups in total. The van der Waals surface area contributed by atoms with Gasteiger partial charge in [-0.25, -0.2) is 0 Å². The lowest BCUT2D eigenvalue weighted by Gasteiger charge is -2.33. The van der Waals surface area contributed by atoms with Gasteiger partial charge in [-0.15, -0.1) is 0 Å². The van der Waals surface area contributed by atoms with Crippen molar-refractivity contribution >= 4 is 73.2 Å². The van der Waals surface area contributed by atoms with E-state index in [1.807, 2.05) is 6.08 Å². The standard InChI is InChI=1S/C43H33N2OSi/c1-5-35-39-33(42-41(44-35)32-17-11-9-15-29(32)36-22-18-25(24-45(36)42)47(2,3)4)19-20-34-40-37(46-43(34)39)23-21-31-28-14-7-6-12-26(28)27-13-8-10-16-30(27)38(31)40/h5-24,41-42H,1H2,2-4H3/q+1. The van der Waals surface area contributed by atoms with Crippen molar-refractivity contribution in [1.82, 2.24) is 0 Å². The minimum atomic E-state index is -1.58. The lowest BCUT2D eigenvalue weighted by Crippen LogP contribution is -2.53. The molecule has 2 aromatic heterocycles. The van der Waals surface area contributed by atoms with Gasteiger partial charge in [-0.2, -0.15) is 4.57 Å². The van der Waals surface area contributed by atoms with Crippen LogP contribution in [0.1, 0.15) is 28.8 Å². The van der Waals surface area contributed by atoms with Crippen LogP contribution < -0.4 is 9.75 Å². The molecule has 0 radical (unpaired) electrons. The van der Waals surface area contributed by atoms with Gasteiger partial charge in [0.15, 0.2) is 6.20 Å². The van der Waals surface area contributed by atoms with E-state index in [-0.39, 0.29) is 12.1 Å². The molecule has 10 rings (SSSR count). The molecule has 0 bridgehead atoms. The first-order valence-electron chi connectivity index (χ1n) is 16.5. The average Bonchev–Trinajstić information content (AvgIpc) is 3.49. The van der Waals surface area contributed by atoms with Crippen LogP contribution in [0.2, 0.25) is 19.6 Å². The zero-order chi connectivity index (χ0) is 31.6. The van der Waals surface area contributed by atoms with E-state index in [4.69, 9.17) is 9.41 Å². The molecule has 2 aliphatic heterocycles. The predicted molar refractivity (Wildman–Crippen MR) is 199 cm³/mol. The fraction of sp³-hybridized carbons (Fsp3) is 0.116. The number of fused-ring (bicyclic) bond motifs is 19. The number of aromatic nitrogens is 1. The average molecular weight is 622 g/mol. The minimum Gasteiger partial charge on any atom is -0.455 e. The van der Waals surface area contributed by atoms with Gasteiger partial charge in [0.05, 0.1) is 24.9 Å². The summed E-state index contributed by atoms with van der Waals surface area (Å²) in [6.45, 7) is 11.5. The molecule has 0 fully saturated rings. The Hall–Kier alpha value is -5.32. The molecule has 0 saturated carbocycles. The summed E-state index contributed by atoms with van der Waals surface area (Å²) in [7, 11) is -1.58. The zero-order valence-electron chi connectivity index (χ0n) is 26.7. The smallest absolute Gasteiger partial charge is 0.213 e. The summed E-state index contributed by atoms with van der Waals surface area (Å²) >= 11 is 0. The summed E-state index contributed by atoms with van der Waals surface area (Å²) in [6.07, 6.45) is 4.34. The van der Waals surface area contributed by atoms with Crippen LogP contribution in [-0.2, 0) is 0 Å². The summed E-state index contributed by atoms with van der Waals surface area (Å²) in [5.41, 5.74) is 8.73. The summed E-state index contributed by atoms with van der Waals surface area (Å²) in [5.74, 6) is 0. The summed E-state index contributed by atoms with van der Waals surface area (Å²) in [6, 6.07) is 40.0. The van der Waals surface area contributed by atoms with Crippen molar-refractivity contribution in [2.45, 2.75) is 31.7 Å². The van der Waals surface area contributed by atoms with Gasteiger partial charge in [0.2, 0.25) is 11.7 Å². The van der Waals surface area contributed by atoms with Crippen LogP contribution >= 0.6 is 0 Å². The van der Waals surface area contributed by atoms with Crippen LogP contribution in [-0.4, -0.2) is 13.8 Å². The second kappa shape index (κ2) is 9.37. The quantitative estimate of drug-likeness (QED) is 0.107. The van der Waals surface area contributed by atoms with Crippen molar-refractivity contribution in [3.8, 4) is 11.3 Å². The Bertz CT molecular complexity index is 2670. The third kappa shape index (κ3) is 3.56. The number of aliphatic imine (C=N–C) groups is 1. The van der Waals surface area contributed by atoms with E-state index in [2.05, 4.69) is 146 Å². The van der Waals surface area contributed by atoms with Crippen LogP contribution in [0, 0.1) is 0 Å².